The van der Waals surface area contributed by atoms with Crippen molar-refractivity contribution in [2.24, 2.45) is 0 Å². The van der Waals surface area contributed by atoms with Gasteiger partial charge < -0.3 is 21.1 Å². The van der Waals surface area contributed by atoms with Crippen LogP contribution in [0.2, 0.25) is 0 Å². The van der Waals surface area contributed by atoms with E-state index in [0.717, 1.165) is 0 Å². The molecule has 0 aliphatic heterocycles. The zero-order valence-electron chi connectivity index (χ0n) is 19.3. The van der Waals surface area contributed by atoms with E-state index in [0.29, 0.717) is 12.8 Å². The van der Waals surface area contributed by atoms with Gasteiger partial charge in [-0.25, -0.2) is 0 Å². The molecule has 0 aromatic carbocycles. The average Bonchev–Trinajstić information content (AvgIpc) is 2.73. The molecule has 0 saturated carbocycles. The molecule has 0 aromatic rings. The molecule has 4 N–H and O–H groups in total. The van der Waals surface area contributed by atoms with Crippen molar-refractivity contribution in [3.05, 3.63) is 0 Å². The Balaban J connectivity index is -0.000000434. The number of carboxylic acids is 1. The summed E-state index contributed by atoms with van der Waals surface area (Å²) < 4.78 is 0. The number of rotatable bonds is 10. The molecule has 0 aliphatic carbocycles. The normalized spacial score (nSPS) is 9.04. The lowest BCUT2D eigenvalue weighted by Crippen LogP contribution is -2.47. The van der Waals surface area contributed by atoms with E-state index in [1.54, 1.807) is 6.92 Å². The Hall–Kier alpha value is -2.12. The average molecular weight is 406 g/mol. The standard InChI is InChI=1S/C14H25N3O5.3C2H6/c1-14(8-6-10(18)15-2,9-7-11(19)16-3)17-12(20)4-5-13(21)22;3*1-2/h4-9H2,1-3H3,(H,15,18)(H,16,19)(H,17,20)(H,21,22);3*1-2H3. The zero-order chi connectivity index (χ0) is 23.2. The number of hydrogen-bond donors (Lipinski definition) is 4. The summed E-state index contributed by atoms with van der Waals surface area (Å²) in [7, 11) is 3.05. The summed E-state index contributed by atoms with van der Waals surface area (Å²) >= 11 is 0. The minimum absolute atomic E-state index is 0.134. The Bertz CT molecular complexity index is 406. The second kappa shape index (κ2) is 22.9. The number of aliphatic carboxylic acids is 1. The van der Waals surface area contributed by atoms with Crippen LogP contribution < -0.4 is 16.0 Å². The van der Waals surface area contributed by atoms with Crippen LogP contribution >= 0.6 is 0 Å². The molecule has 0 rings (SSSR count). The lowest BCUT2D eigenvalue weighted by Gasteiger charge is -2.30. The lowest BCUT2D eigenvalue weighted by molar-refractivity contribution is -0.139. The van der Waals surface area contributed by atoms with Crippen LogP contribution in [0, 0.1) is 0 Å². The molecule has 0 fully saturated rings. The van der Waals surface area contributed by atoms with Crippen molar-refractivity contribution in [1.29, 1.82) is 0 Å². The summed E-state index contributed by atoms with van der Waals surface area (Å²) in [5.74, 6) is -1.77. The number of nitrogens with one attached hydrogen (secondary N) is 3. The lowest BCUT2D eigenvalue weighted by atomic mass is 9.89. The second-order valence-corrected chi connectivity index (χ2v) is 5.35. The minimum Gasteiger partial charge on any atom is -0.481 e. The number of hydrogen-bond acceptors (Lipinski definition) is 4. The van der Waals surface area contributed by atoms with E-state index in [1.165, 1.54) is 14.1 Å². The SMILES string of the molecule is CC.CC.CC.CNC(=O)CCC(C)(CCC(=O)NC)NC(=O)CCC(=O)O. The largest absolute Gasteiger partial charge is 0.481 e. The van der Waals surface area contributed by atoms with E-state index in [4.69, 9.17) is 5.11 Å². The quantitative estimate of drug-likeness (QED) is 0.445. The third-order valence-electron chi connectivity index (χ3n) is 3.37. The van der Waals surface area contributed by atoms with E-state index in [1.807, 2.05) is 41.5 Å². The summed E-state index contributed by atoms with van der Waals surface area (Å²) in [5.41, 5.74) is -0.741. The molecule has 0 heterocycles. The van der Waals surface area contributed by atoms with Gasteiger partial charge in [0.25, 0.3) is 0 Å². The molecule has 0 saturated heterocycles. The maximum atomic E-state index is 11.8. The molecular weight excluding hydrogens is 362 g/mol. The van der Waals surface area contributed by atoms with Gasteiger partial charge in [0.1, 0.15) is 0 Å². The predicted octanol–water partition coefficient (Wildman–Crippen LogP) is 2.86. The second-order valence-electron chi connectivity index (χ2n) is 5.35. The van der Waals surface area contributed by atoms with E-state index >= 15 is 0 Å². The molecule has 0 aliphatic rings. The van der Waals surface area contributed by atoms with Gasteiger partial charge in [-0.1, -0.05) is 41.5 Å². The van der Waals surface area contributed by atoms with Crippen LogP contribution in [0.5, 0.6) is 0 Å². The Kier molecular flexibility index (Phi) is 27.4. The van der Waals surface area contributed by atoms with Crippen LogP contribution in [-0.2, 0) is 19.2 Å². The van der Waals surface area contributed by atoms with Gasteiger partial charge in [-0.15, -0.1) is 0 Å². The number of amides is 3. The molecule has 0 unspecified atom stereocenters. The van der Waals surface area contributed by atoms with E-state index < -0.39 is 17.4 Å². The van der Waals surface area contributed by atoms with Crippen molar-refractivity contribution in [1.82, 2.24) is 16.0 Å². The summed E-state index contributed by atoms with van der Waals surface area (Å²) in [5, 5.41) is 16.3. The van der Waals surface area contributed by atoms with Crippen molar-refractivity contribution < 1.29 is 24.3 Å². The van der Waals surface area contributed by atoms with Crippen molar-refractivity contribution in [2.75, 3.05) is 14.1 Å². The third-order valence-corrected chi connectivity index (χ3v) is 3.37. The first kappa shape index (κ1) is 33.5. The molecule has 8 nitrogen and oxygen atoms in total. The summed E-state index contributed by atoms with van der Waals surface area (Å²) in [4.78, 5) is 45.1. The van der Waals surface area contributed by atoms with Gasteiger partial charge in [-0.05, 0) is 19.8 Å². The first-order valence-corrected chi connectivity index (χ1v) is 10.2. The van der Waals surface area contributed by atoms with Crippen molar-refractivity contribution in [2.45, 2.75) is 92.5 Å². The molecule has 3 amide bonds. The Labute approximate surface area is 171 Å². The molecule has 0 aromatic heterocycles. The summed E-state index contributed by atoms with van der Waals surface area (Å²) in [6.07, 6.45) is 0.753. The molecule has 0 atom stereocenters. The fraction of sp³-hybridized carbons (Fsp3) is 0.800. The highest BCUT2D eigenvalue weighted by atomic mass is 16.4. The van der Waals surface area contributed by atoms with E-state index in [2.05, 4.69) is 16.0 Å². The molecule has 28 heavy (non-hydrogen) atoms. The van der Waals surface area contributed by atoms with Gasteiger partial charge >= 0.3 is 5.97 Å². The first-order valence-electron chi connectivity index (χ1n) is 10.2. The first-order chi connectivity index (χ1) is 13.2. The highest BCUT2D eigenvalue weighted by Gasteiger charge is 2.27. The Morgan fingerprint density at radius 2 is 1.04 bits per heavy atom. The van der Waals surface area contributed by atoms with Gasteiger partial charge in [-0.2, -0.15) is 0 Å². The number of carbonyl (C=O) groups excluding carboxylic acids is 3. The zero-order valence-corrected chi connectivity index (χ0v) is 19.3. The van der Waals surface area contributed by atoms with Gasteiger partial charge in [0.05, 0.1) is 6.42 Å². The highest BCUT2D eigenvalue weighted by Crippen LogP contribution is 2.19. The molecule has 0 radical (unpaired) electrons. The monoisotopic (exact) mass is 405 g/mol. The van der Waals surface area contributed by atoms with Crippen LogP contribution in [0.1, 0.15) is 87.0 Å². The van der Waals surface area contributed by atoms with Crippen LogP contribution in [0.15, 0.2) is 0 Å². The van der Waals surface area contributed by atoms with Gasteiger partial charge in [0, 0.05) is 38.9 Å². The summed E-state index contributed by atoms with van der Waals surface area (Å²) in [6.45, 7) is 13.7. The molecule has 8 heteroatoms. The number of carbonyl (C=O) groups is 4. The molecule has 0 bridgehead atoms. The molecule has 168 valence electrons. The highest BCUT2D eigenvalue weighted by molar-refractivity contribution is 5.81. The minimum atomic E-state index is -1.05. The fourth-order valence-electron chi connectivity index (χ4n) is 1.90. The van der Waals surface area contributed by atoms with Gasteiger partial charge in [0.15, 0.2) is 0 Å². The van der Waals surface area contributed by atoms with Crippen molar-refractivity contribution in [3.63, 3.8) is 0 Å². The van der Waals surface area contributed by atoms with Gasteiger partial charge in [0.2, 0.25) is 17.7 Å². The maximum Gasteiger partial charge on any atom is 0.303 e. The number of carboxylic acid groups (broad SMARTS) is 1. The van der Waals surface area contributed by atoms with Crippen LogP contribution in [-0.4, -0.2) is 48.4 Å². The van der Waals surface area contributed by atoms with Gasteiger partial charge in [-0.3, -0.25) is 19.2 Å². The topological polar surface area (TPSA) is 125 Å². The Morgan fingerprint density at radius 1 is 0.679 bits per heavy atom. The van der Waals surface area contributed by atoms with E-state index in [-0.39, 0.29) is 37.5 Å². The Morgan fingerprint density at radius 3 is 1.32 bits per heavy atom. The van der Waals surface area contributed by atoms with Crippen LogP contribution in [0.4, 0.5) is 0 Å². The van der Waals surface area contributed by atoms with Crippen molar-refractivity contribution in [3.8, 4) is 0 Å². The van der Waals surface area contributed by atoms with E-state index in [9.17, 15) is 19.2 Å². The molecular formula is C20H43N3O5. The van der Waals surface area contributed by atoms with Crippen LogP contribution in [0.3, 0.4) is 0 Å². The third kappa shape index (κ3) is 21.9. The molecule has 0 spiro atoms. The smallest absolute Gasteiger partial charge is 0.303 e. The van der Waals surface area contributed by atoms with Crippen LogP contribution in [0.25, 0.3) is 0 Å². The maximum absolute atomic E-state index is 11.8. The van der Waals surface area contributed by atoms with Crippen molar-refractivity contribution >= 4 is 23.7 Å². The fourth-order valence-corrected chi connectivity index (χ4v) is 1.90. The predicted molar refractivity (Wildman–Crippen MR) is 114 cm³/mol. The summed E-state index contributed by atoms with van der Waals surface area (Å²) in [6, 6.07) is 0.